The minimum atomic E-state index is 0.337. The Hall–Kier alpha value is -2.14. The third-order valence-corrected chi connectivity index (χ3v) is 5.37. The van der Waals surface area contributed by atoms with Gasteiger partial charge in [-0.3, -0.25) is 0 Å². The van der Waals surface area contributed by atoms with E-state index in [1.807, 2.05) is 18.2 Å². The number of aromatic nitrogens is 2. The van der Waals surface area contributed by atoms with Gasteiger partial charge in [0.25, 0.3) is 0 Å². The number of benzene rings is 1. The molecule has 1 aliphatic carbocycles. The van der Waals surface area contributed by atoms with Crippen LogP contribution >= 0.6 is 0 Å². The zero-order valence-electron chi connectivity index (χ0n) is 14.7. The van der Waals surface area contributed by atoms with Gasteiger partial charge in [-0.2, -0.15) is 0 Å². The number of nitrogens with zero attached hydrogens (tertiary/aromatic N) is 2. The van der Waals surface area contributed by atoms with E-state index in [4.69, 9.17) is 10.5 Å². The van der Waals surface area contributed by atoms with Gasteiger partial charge in [-0.05, 0) is 55.8 Å². The second-order valence-corrected chi connectivity index (χ2v) is 7.36. The quantitative estimate of drug-likeness (QED) is 0.876. The van der Waals surface area contributed by atoms with E-state index in [2.05, 4.69) is 34.3 Å². The molecular weight excluding hydrogens is 312 g/mol. The summed E-state index contributed by atoms with van der Waals surface area (Å²) in [6.45, 7) is 5.08. The maximum absolute atomic E-state index is 6.10. The summed E-state index contributed by atoms with van der Waals surface area (Å²) in [6.07, 6.45) is 3.57. The van der Waals surface area contributed by atoms with Crippen molar-refractivity contribution in [1.82, 2.24) is 15.3 Å². The van der Waals surface area contributed by atoms with Gasteiger partial charge in [0.15, 0.2) is 0 Å². The van der Waals surface area contributed by atoms with E-state index in [1.54, 1.807) is 0 Å². The van der Waals surface area contributed by atoms with Crippen molar-refractivity contribution in [2.75, 3.05) is 25.4 Å². The van der Waals surface area contributed by atoms with Crippen LogP contribution in [0.4, 0.5) is 5.95 Å². The zero-order chi connectivity index (χ0) is 17.2. The lowest BCUT2D eigenvalue weighted by Gasteiger charge is -2.22. The fourth-order valence-corrected chi connectivity index (χ4v) is 3.57. The summed E-state index contributed by atoms with van der Waals surface area (Å²) in [5, 5.41) is 3.44. The van der Waals surface area contributed by atoms with Crippen molar-refractivity contribution in [3.8, 4) is 17.0 Å². The number of rotatable bonds is 5. The topological polar surface area (TPSA) is 73.1 Å². The Morgan fingerprint density at radius 1 is 1.28 bits per heavy atom. The summed E-state index contributed by atoms with van der Waals surface area (Å²) in [6, 6.07) is 10.2. The predicted molar refractivity (Wildman–Crippen MR) is 99.5 cm³/mol. The van der Waals surface area contributed by atoms with Gasteiger partial charge in [0.2, 0.25) is 5.95 Å². The summed E-state index contributed by atoms with van der Waals surface area (Å²) >= 11 is 0. The molecule has 0 spiro atoms. The smallest absolute Gasteiger partial charge is 0.220 e. The predicted octanol–water partition coefficient (Wildman–Crippen LogP) is 3.23. The SMILES string of the molecule is CC1CC1COc1ccccc1-c1cc(C2CCCNC2)nc(N)n1. The molecular formula is C20H26N4O. The summed E-state index contributed by atoms with van der Waals surface area (Å²) in [5.74, 6) is 3.09. The first-order valence-electron chi connectivity index (χ1n) is 9.28. The largest absolute Gasteiger partial charge is 0.493 e. The molecule has 25 heavy (non-hydrogen) atoms. The number of nitrogens with one attached hydrogen (secondary N) is 1. The molecule has 1 aliphatic heterocycles. The van der Waals surface area contributed by atoms with Gasteiger partial charge in [-0.1, -0.05) is 19.1 Å². The van der Waals surface area contributed by atoms with E-state index >= 15 is 0 Å². The molecule has 1 aromatic carbocycles. The lowest BCUT2D eigenvalue weighted by Crippen LogP contribution is -2.29. The summed E-state index contributed by atoms with van der Waals surface area (Å²) in [4.78, 5) is 8.98. The summed E-state index contributed by atoms with van der Waals surface area (Å²) in [7, 11) is 0. The molecule has 0 amide bonds. The lowest BCUT2D eigenvalue weighted by molar-refractivity contribution is 0.294. The summed E-state index contributed by atoms with van der Waals surface area (Å²) in [5.41, 5.74) is 8.90. The lowest BCUT2D eigenvalue weighted by atomic mass is 9.95. The minimum Gasteiger partial charge on any atom is -0.493 e. The van der Waals surface area contributed by atoms with Crippen LogP contribution in [0.1, 0.15) is 37.8 Å². The average Bonchev–Trinajstić information content (AvgIpc) is 3.36. The fraction of sp³-hybridized carbons (Fsp3) is 0.500. The second-order valence-electron chi connectivity index (χ2n) is 7.36. The molecule has 0 bridgehead atoms. The van der Waals surface area contributed by atoms with Crippen LogP contribution in [0, 0.1) is 11.8 Å². The molecule has 2 aliphatic rings. The standard InChI is InChI=1S/C20H26N4O/c1-13-9-15(13)12-25-19-7-3-2-6-16(19)18-10-17(23-20(21)24-18)14-5-4-8-22-11-14/h2-3,6-7,10,13-15,22H,4-5,8-9,11-12H2,1H3,(H2,21,23,24). The molecule has 1 saturated heterocycles. The Morgan fingerprint density at radius 3 is 2.88 bits per heavy atom. The number of nitrogen functional groups attached to an aromatic ring is 1. The first kappa shape index (κ1) is 16.3. The van der Waals surface area contributed by atoms with Crippen LogP contribution in [-0.2, 0) is 0 Å². The van der Waals surface area contributed by atoms with Crippen LogP contribution in [0.15, 0.2) is 30.3 Å². The van der Waals surface area contributed by atoms with Gasteiger partial charge in [0, 0.05) is 18.0 Å². The maximum Gasteiger partial charge on any atom is 0.220 e. The zero-order valence-corrected chi connectivity index (χ0v) is 14.7. The molecule has 3 N–H and O–H groups in total. The maximum atomic E-state index is 6.10. The number of hydrogen-bond acceptors (Lipinski definition) is 5. The van der Waals surface area contributed by atoms with Gasteiger partial charge < -0.3 is 15.8 Å². The highest BCUT2D eigenvalue weighted by molar-refractivity contribution is 5.68. The van der Waals surface area contributed by atoms with Crippen molar-refractivity contribution in [3.05, 3.63) is 36.0 Å². The van der Waals surface area contributed by atoms with Gasteiger partial charge in [-0.15, -0.1) is 0 Å². The highest BCUT2D eigenvalue weighted by atomic mass is 16.5. The van der Waals surface area contributed by atoms with Gasteiger partial charge in [-0.25, -0.2) is 9.97 Å². The number of nitrogens with two attached hydrogens (primary N) is 1. The summed E-state index contributed by atoms with van der Waals surface area (Å²) < 4.78 is 6.10. The third-order valence-electron chi connectivity index (χ3n) is 5.37. The van der Waals surface area contributed by atoms with Crippen LogP contribution in [0.25, 0.3) is 11.3 Å². The molecule has 2 heterocycles. The second kappa shape index (κ2) is 7.00. The Kier molecular flexibility index (Phi) is 4.57. The number of hydrogen-bond donors (Lipinski definition) is 2. The number of anilines is 1. The highest BCUT2D eigenvalue weighted by Gasteiger charge is 2.33. The Labute approximate surface area is 149 Å². The van der Waals surface area contributed by atoms with E-state index in [-0.39, 0.29) is 0 Å². The molecule has 3 atom stereocenters. The minimum absolute atomic E-state index is 0.337. The van der Waals surface area contributed by atoms with Gasteiger partial charge in [0.05, 0.1) is 18.0 Å². The van der Waals surface area contributed by atoms with Crippen molar-refractivity contribution >= 4 is 5.95 Å². The van der Waals surface area contributed by atoms with Gasteiger partial charge in [0.1, 0.15) is 5.75 Å². The Bertz CT molecular complexity index is 742. The molecule has 2 aromatic rings. The number of para-hydroxylation sites is 1. The van der Waals surface area contributed by atoms with E-state index in [0.717, 1.165) is 54.7 Å². The molecule has 5 nitrogen and oxygen atoms in total. The van der Waals surface area contributed by atoms with Crippen molar-refractivity contribution in [1.29, 1.82) is 0 Å². The van der Waals surface area contributed by atoms with E-state index in [0.29, 0.717) is 17.8 Å². The van der Waals surface area contributed by atoms with Crippen molar-refractivity contribution < 1.29 is 4.74 Å². The van der Waals surface area contributed by atoms with Crippen molar-refractivity contribution in [3.63, 3.8) is 0 Å². The van der Waals surface area contributed by atoms with Crippen LogP contribution in [0.5, 0.6) is 5.75 Å². The van der Waals surface area contributed by atoms with Crippen molar-refractivity contribution in [2.24, 2.45) is 11.8 Å². The van der Waals surface area contributed by atoms with E-state index < -0.39 is 0 Å². The highest BCUT2D eigenvalue weighted by Crippen LogP contribution is 2.39. The monoisotopic (exact) mass is 338 g/mol. The average molecular weight is 338 g/mol. The van der Waals surface area contributed by atoms with E-state index in [1.165, 1.54) is 12.8 Å². The Balaban J connectivity index is 1.61. The normalized spacial score (nSPS) is 25.6. The molecule has 1 saturated carbocycles. The molecule has 4 rings (SSSR count). The fourth-order valence-electron chi connectivity index (χ4n) is 3.57. The first-order chi connectivity index (χ1) is 12.2. The van der Waals surface area contributed by atoms with Gasteiger partial charge >= 0.3 is 0 Å². The molecule has 0 radical (unpaired) electrons. The molecule has 2 fully saturated rings. The van der Waals surface area contributed by atoms with Crippen LogP contribution in [-0.4, -0.2) is 29.7 Å². The molecule has 3 unspecified atom stereocenters. The molecule has 132 valence electrons. The molecule has 5 heteroatoms. The van der Waals surface area contributed by atoms with Crippen LogP contribution in [0.3, 0.4) is 0 Å². The van der Waals surface area contributed by atoms with Crippen LogP contribution < -0.4 is 15.8 Å². The third kappa shape index (κ3) is 3.76. The number of ether oxygens (including phenoxy) is 1. The first-order valence-corrected chi connectivity index (χ1v) is 9.28. The molecule has 1 aromatic heterocycles. The van der Waals surface area contributed by atoms with E-state index in [9.17, 15) is 0 Å². The Morgan fingerprint density at radius 2 is 2.12 bits per heavy atom. The van der Waals surface area contributed by atoms with Crippen molar-refractivity contribution in [2.45, 2.75) is 32.1 Å². The number of piperidine rings is 1. The van der Waals surface area contributed by atoms with Crippen LogP contribution in [0.2, 0.25) is 0 Å².